The normalized spacial score (nSPS) is 15.4. The predicted molar refractivity (Wildman–Crippen MR) is 77.5 cm³/mol. The molecule has 0 radical (unpaired) electrons. The minimum Gasteiger partial charge on any atom is -0.397 e. The van der Waals surface area contributed by atoms with E-state index in [1.54, 1.807) is 12.1 Å². The summed E-state index contributed by atoms with van der Waals surface area (Å²) in [5.41, 5.74) is 7.13. The first-order chi connectivity index (χ1) is 9.03. The number of nitrogens with two attached hydrogens (primary N) is 1. The van der Waals surface area contributed by atoms with Gasteiger partial charge < -0.3 is 11.1 Å². The molecular weight excluding hydrogens is 262 g/mol. The van der Waals surface area contributed by atoms with Crippen LogP contribution < -0.4 is 15.8 Å². The highest BCUT2D eigenvalue weighted by Gasteiger charge is 2.20. The van der Waals surface area contributed by atoms with E-state index in [0.29, 0.717) is 5.69 Å². The molecule has 106 valence electrons. The summed E-state index contributed by atoms with van der Waals surface area (Å²) in [6.07, 6.45) is 5.14. The molecule has 4 N–H and O–H groups in total. The van der Waals surface area contributed by atoms with Gasteiger partial charge in [0.2, 0.25) is 10.0 Å². The molecule has 0 bridgehead atoms. The first-order valence-corrected chi connectivity index (χ1v) is 8.08. The van der Waals surface area contributed by atoms with Crippen LogP contribution in [0.2, 0.25) is 0 Å². The summed E-state index contributed by atoms with van der Waals surface area (Å²) < 4.78 is 25.5. The van der Waals surface area contributed by atoms with Crippen LogP contribution in [-0.2, 0) is 10.0 Å². The van der Waals surface area contributed by atoms with Crippen LogP contribution in [-0.4, -0.2) is 22.0 Å². The standard InChI is InChI=1S/C13H21N3O2S/c1-15-19(17,18)11-6-7-13(12(14)9-11)16-8-2-3-10-4-5-10/h6-7,9-10,15-16H,2-5,8,14H2,1H3. The van der Waals surface area contributed by atoms with E-state index in [1.807, 2.05) is 0 Å². The van der Waals surface area contributed by atoms with Crippen LogP contribution in [0.1, 0.15) is 25.7 Å². The van der Waals surface area contributed by atoms with Crippen LogP contribution in [0.3, 0.4) is 0 Å². The molecule has 1 aliphatic rings. The molecule has 0 aromatic heterocycles. The maximum atomic E-state index is 11.6. The van der Waals surface area contributed by atoms with E-state index in [-0.39, 0.29) is 4.90 Å². The van der Waals surface area contributed by atoms with Gasteiger partial charge in [-0.3, -0.25) is 0 Å². The van der Waals surface area contributed by atoms with Crippen molar-refractivity contribution in [2.45, 2.75) is 30.6 Å². The highest BCUT2D eigenvalue weighted by Crippen LogP contribution is 2.33. The smallest absolute Gasteiger partial charge is 0.240 e. The summed E-state index contributed by atoms with van der Waals surface area (Å²) in [4.78, 5) is 0.191. The number of nitrogen functional groups attached to an aromatic ring is 1. The Morgan fingerprint density at radius 3 is 2.68 bits per heavy atom. The lowest BCUT2D eigenvalue weighted by atomic mass is 10.2. The van der Waals surface area contributed by atoms with Crippen molar-refractivity contribution in [3.8, 4) is 0 Å². The van der Waals surface area contributed by atoms with Crippen molar-refractivity contribution in [1.29, 1.82) is 0 Å². The summed E-state index contributed by atoms with van der Waals surface area (Å²) in [6.45, 7) is 0.874. The largest absolute Gasteiger partial charge is 0.397 e. The fourth-order valence-electron chi connectivity index (χ4n) is 2.01. The lowest BCUT2D eigenvalue weighted by Crippen LogP contribution is -2.18. The van der Waals surface area contributed by atoms with Gasteiger partial charge in [-0.2, -0.15) is 0 Å². The molecule has 6 heteroatoms. The van der Waals surface area contributed by atoms with E-state index in [0.717, 1.165) is 24.6 Å². The van der Waals surface area contributed by atoms with Gasteiger partial charge in [-0.15, -0.1) is 0 Å². The number of nitrogens with one attached hydrogen (secondary N) is 2. The number of benzene rings is 1. The number of sulfonamides is 1. The van der Waals surface area contributed by atoms with Crippen molar-refractivity contribution >= 4 is 21.4 Å². The van der Waals surface area contributed by atoms with Crippen LogP contribution >= 0.6 is 0 Å². The Labute approximate surface area is 114 Å². The van der Waals surface area contributed by atoms with Gasteiger partial charge >= 0.3 is 0 Å². The number of hydrogen-bond donors (Lipinski definition) is 3. The Bertz CT molecular complexity index is 539. The highest BCUT2D eigenvalue weighted by molar-refractivity contribution is 7.89. The number of anilines is 2. The highest BCUT2D eigenvalue weighted by atomic mass is 32.2. The van der Waals surface area contributed by atoms with Crippen molar-refractivity contribution < 1.29 is 8.42 Å². The maximum absolute atomic E-state index is 11.6. The average Bonchev–Trinajstić information content (AvgIpc) is 3.20. The van der Waals surface area contributed by atoms with Gasteiger partial charge in [-0.1, -0.05) is 12.8 Å². The Morgan fingerprint density at radius 1 is 1.37 bits per heavy atom. The Hall–Kier alpha value is -1.27. The molecule has 1 aliphatic carbocycles. The minimum atomic E-state index is -3.42. The number of hydrogen-bond acceptors (Lipinski definition) is 4. The zero-order chi connectivity index (χ0) is 13.9. The quantitative estimate of drug-likeness (QED) is 0.526. The van der Waals surface area contributed by atoms with Gasteiger partial charge in [-0.25, -0.2) is 13.1 Å². The van der Waals surface area contributed by atoms with Crippen molar-refractivity contribution in [1.82, 2.24) is 4.72 Å². The second-order valence-electron chi connectivity index (χ2n) is 4.97. The number of rotatable bonds is 7. The van der Waals surface area contributed by atoms with Gasteiger partial charge in [0.05, 0.1) is 16.3 Å². The Morgan fingerprint density at radius 2 is 2.11 bits per heavy atom. The summed E-state index contributed by atoms with van der Waals surface area (Å²) in [5.74, 6) is 0.933. The fraction of sp³-hybridized carbons (Fsp3) is 0.538. The van der Waals surface area contributed by atoms with E-state index in [2.05, 4.69) is 10.0 Å². The molecule has 5 nitrogen and oxygen atoms in total. The molecule has 19 heavy (non-hydrogen) atoms. The molecule has 2 rings (SSSR count). The van der Waals surface area contributed by atoms with Gasteiger partial charge in [0.15, 0.2) is 0 Å². The van der Waals surface area contributed by atoms with Crippen LogP contribution in [0.5, 0.6) is 0 Å². The molecule has 1 aromatic rings. The molecule has 0 spiro atoms. The van der Waals surface area contributed by atoms with Crippen molar-refractivity contribution in [2.75, 3.05) is 24.6 Å². The average molecular weight is 283 g/mol. The molecular formula is C13H21N3O2S. The Balaban J connectivity index is 1.94. The first kappa shape index (κ1) is 14.1. The molecule has 0 heterocycles. The molecule has 0 aliphatic heterocycles. The Kier molecular flexibility index (Phi) is 4.31. The summed E-state index contributed by atoms with van der Waals surface area (Å²) in [7, 11) is -2.04. The second-order valence-corrected chi connectivity index (χ2v) is 6.86. The summed E-state index contributed by atoms with van der Waals surface area (Å²) >= 11 is 0. The SMILES string of the molecule is CNS(=O)(=O)c1ccc(NCCCC2CC2)c(N)c1. The van der Waals surface area contributed by atoms with Crippen LogP contribution in [0.4, 0.5) is 11.4 Å². The van der Waals surface area contributed by atoms with E-state index in [4.69, 9.17) is 5.73 Å². The van der Waals surface area contributed by atoms with Gasteiger partial charge in [0.1, 0.15) is 0 Å². The van der Waals surface area contributed by atoms with Gasteiger partial charge in [0.25, 0.3) is 0 Å². The lowest BCUT2D eigenvalue weighted by Gasteiger charge is -2.11. The third-order valence-corrected chi connectivity index (χ3v) is 4.82. The summed E-state index contributed by atoms with van der Waals surface area (Å²) in [5, 5.41) is 3.25. The van der Waals surface area contributed by atoms with Gasteiger partial charge in [-0.05, 0) is 44.0 Å². The molecule has 1 aromatic carbocycles. The summed E-state index contributed by atoms with van der Waals surface area (Å²) in [6, 6.07) is 4.76. The third-order valence-electron chi connectivity index (χ3n) is 3.40. The van der Waals surface area contributed by atoms with Crippen LogP contribution in [0.25, 0.3) is 0 Å². The molecule has 1 fully saturated rings. The monoisotopic (exact) mass is 283 g/mol. The second kappa shape index (κ2) is 5.79. The van der Waals surface area contributed by atoms with E-state index in [1.165, 1.54) is 32.4 Å². The van der Waals surface area contributed by atoms with E-state index < -0.39 is 10.0 Å². The topological polar surface area (TPSA) is 84.2 Å². The minimum absolute atomic E-state index is 0.191. The maximum Gasteiger partial charge on any atom is 0.240 e. The zero-order valence-corrected chi connectivity index (χ0v) is 12.0. The van der Waals surface area contributed by atoms with Crippen LogP contribution in [0, 0.1) is 5.92 Å². The van der Waals surface area contributed by atoms with Crippen LogP contribution in [0.15, 0.2) is 23.1 Å². The molecule has 0 unspecified atom stereocenters. The molecule has 0 saturated heterocycles. The lowest BCUT2D eigenvalue weighted by molar-refractivity contribution is 0.588. The first-order valence-electron chi connectivity index (χ1n) is 6.60. The van der Waals surface area contributed by atoms with Crippen molar-refractivity contribution in [2.24, 2.45) is 5.92 Å². The van der Waals surface area contributed by atoms with E-state index >= 15 is 0 Å². The van der Waals surface area contributed by atoms with Crippen molar-refractivity contribution in [3.05, 3.63) is 18.2 Å². The van der Waals surface area contributed by atoms with E-state index in [9.17, 15) is 8.42 Å². The molecule has 0 amide bonds. The molecule has 1 saturated carbocycles. The van der Waals surface area contributed by atoms with Gasteiger partial charge in [0, 0.05) is 6.54 Å². The predicted octanol–water partition coefficient (Wildman–Crippen LogP) is 1.78. The fourth-order valence-corrected chi connectivity index (χ4v) is 2.77. The zero-order valence-electron chi connectivity index (χ0n) is 11.1. The van der Waals surface area contributed by atoms with Crippen molar-refractivity contribution in [3.63, 3.8) is 0 Å². The molecule has 0 atom stereocenters. The third kappa shape index (κ3) is 3.84.